The van der Waals surface area contributed by atoms with Gasteiger partial charge in [-0.25, -0.2) is 18.7 Å². The molecule has 2 saturated carbocycles. The molecule has 2 amide bonds. The van der Waals surface area contributed by atoms with E-state index in [-0.39, 0.29) is 46.5 Å². The molecule has 0 radical (unpaired) electrons. The summed E-state index contributed by atoms with van der Waals surface area (Å²) in [5, 5.41) is 24.6. The number of thioether (sulfide) groups is 1. The van der Waals surface area contributed by atoms with Crippen molar-refractivity contribution >= 4 is 35.2 Å². The average molecular weight is 649 g/mol. The molecule has 1 aromatic carbocycles. The van der Waals surface area contributed by atoms with Crippen LogP contribution in [0, 0.1) is 11.6 Å². The van der Waals surface area contributed by atoms with E-state index in [1.807, 2.05) is 18.4 Å². The van der Waals surface area contributed by atoms with Gasteiger partial charge in [0.05, 0.1) is 30.2 Å². The summed E-state index contributed by atoms with van der Waals surface area (Å²) in [7, 11) is 0. The molecule has 2 aromatic heterocycles. The number of nitrogens with zero attached hydrogens (tertiary/aromatic N) is 2. The van der Waals surface area contributed by atoms with Gasteiger partial charge in [-0.15, -0.1) is 11.8 Å². The van der Waals surface area contributed by atoms with Crippen LogP contribution in [0.25, 0.3) is 0 Å². The summed E-state index contributed by atoms with van der Waals surface area (Å²) in [4.78, 5) is 33.1. The number of aliphatic hydroxyl groups is 2. The summed E-state index contributed by atoms with van der Waals surface area (Å²) < 4.78 is 32.3. The zero-order valence-corrected chi connectivity index (χ0v) is 25.7. The summed E-state index contributed by atoms with van der Waals surface area (Å²) in [5.41, 5.74) is 0.104. The number of benzene rings is 1. The van der Waals surface area contributed by atoms with Gasteiger partial charge in [0.15, 0.2) is 0 Å². The van der Waals surface area contributed by atoms with E-state index in [0.717, 1.165) is 29.4 Å². The molecule has 5 rings (SSSR count). The van der Waals surface area contributed by atoms with Crippen LogP contribution >= 0.6 is 23.4 Å². The number of carbonyl (C=O) groups excluding carboxylic acids is 2. The Labute approximate surface area is 263 Å². The first-order chi connectivity index (χ1) is 21.1. The topological polar surface area (TPSA) is 134 Å². The predicted octanol–water partition coefficient (Wildman–Crippen LogP) is 5.68. The first-order valence-electron chi connectivity index (χ1n) is 14.4. The molecule has 9 nitrogen and oxygen atoms in total. The number of ether oxygens (including phenoxy) is 1. The van der Waals surface area contributed by atoms with Gasteiger partial charge in [0, 0.05) is 17.0 Å². The second-order valence-electron chi connectivity index (χ2n) is 10.7. The van der Waals surface area contributed by atoms with Gasteiger partial charge in [-0.2, -0.15) is 0 Å². The van der Waals surface area contributed by atoms with Crippen molar-refractivity contribution < 1.29 is 33.3 Å². The van der Waals surface area contributed by atoms with Crippen LogP contribution in [-0.4, -0.2) is 62.5 Å². The van der Waals surface area contributed by atoms with Gasteiger partial charge in [0.25, 0.3) is 11.8 Å². The number of hydrogen-bond donors (Lipinski definition) is 4. The fourth-order valence-electron chi connectivity index (χ4n) is 4.97. The largest absolute Gasteiger partial charge is 0.438 e. The van der Waals surface area contributed by atoms with Crippen LogP contribution in [0.1, 0.15) is 72.1 Å². The highest BCUT2D eigenvalue weighted by Gasteiger charge is 2.24. The third-order valence-corrected chi connectivity index (χ3v) is 8.50. The van der Waals surface area contributed by atoms with Crippen molar-refractivity contribution in [2.75, 3.05) is 6.26 Å². The molecule has 0 bridgehead atoms. The Balaban J connectivity index is 0.000000215. The summed E-state index contributed by atoms with van der Waals surface area (Å²) in [6, 6.07) is 9.52. The van der Waals surface area contributed by atoms with Gasteiger partial charge in [-0.1, -0.05) is 11.6 Å². The minimum Gasteiger partial charge on any atom is -0.438 e. The van der Waals surface area contributed by atoms with Crippen molar-refractivity contribution in [1.82, 2.24) is 20.6 Å². The van der Waals surface area contributed by atoms with Gasteiger partial charge in [-0.3, -0.25) is 9.59 Å². The lowest BCUT2D eigenvalue weighted by Gasteiger charge is -2.26. The van der Waals surface area contributed by atoms with Gasteiger partial charge in [-0.05, 0) is 94.0 Å². The van der Waals surface area contributed by atoms with Crippen LogP contribution in [-0.2, 0) is 0 Å². The Morgan fingerprint density at radius 3 is 1.82 bits per heavy atom. The Kier molecular flexibility index (Phi) is 12.3. The van der Waals surface area contributed by atoms with Gasteiger partial charge < -0.3 is 25.6 Å². The number of carbonyl (C=O) groups is 2. The van der Waals surface area contributed by atoms with Crippen LogP contribution in [0.4, 0.5) is 8.78 Å². The molecule has 2 aliphatic rings. The summed E-state index contributed by atoms with van der Waals surface area (Å²) in [5.74, 6) is -1.45. The highest BCUT2D eigenvalue weighted by molar-refractivity contribution is 7.98. The Morgan fingerprint density at radius 2 is 1.30 bits per heavy atom. The SMILES string of the molecule is CSc1ccc(Oc2ncc(F)cc2C(=O)NC2CCC(O)CC2)cc1.O=C(NC1CCC(O)CC1)c1cc(F)cnc1Cl. The molecule has 3 aromatic rings. The van der Waals surface area contributed by atoms with Crippen LogP contribution < -0.4 is 15.4 Å². The highest BCUT2D eigenvalue weighted by Crippen LogP contribution is 2.27. The molecular weight excluding hydrogens is 614 g/mol. The maximum Gasteiger partial charge on any atom is 0.257 e. The third-order valence-electron chi connectivity index (χ3n) is 7.45. The van der Waals surface area contributed by atoms with Crippen molar-refractivity contribution in [2.24, 2.45) is 0 Å². The van der Waals surface area contributed by atoms with Crippen molar-refractivity contribution in [3.8, 4) is 11.6 Å². The van der Waals surface area contributed by atoms with Crippen molar-refractivity contribution in [3.63, 3.8) is 0 Å². The maximum atomic E-state index is 13.6. The molecule has 0 aliphatic heterocycles. The minimum absolute atomic E-state index is 0.000217. The summed E-state index contributed by atoms with van der Waals surface area (Å²) in [6.07, 6.45) is 8.85. The predicted molar refractivity (Wildman–Crippen MR) is 163 cm³/mol. The molecule has 236 valence electrons. The van der Waals surface area contributed by atoms with Gasteiger partial charge >= 0.3 is 0 Å². The lowest BCUT2D eigenvalue weighted by atomic mass is 9.93. The standard InChI is InChI=1S/C19H21FN2O3S.C12H14ClFN2O2/c1-26-16-8-6-15(7-9-16)25-19-17(10-12(20)11-21-19)18(24)22-13-2-4-14(23)5-3-13;13-11-10(5-7(14)6-15-11)12(18)16-8-1-3-9(17)4-2-8/h6-11,13-14,23H,2-5H2,1H3,(H,22,24);5-6,8-9,17H,1-4H2,(H,16,18). The molecule has 0 unspecified atom stereocenters. The zero-order valence-electron chi connectivity index (χ0n) is 24.1. The van der Waals surface area contributed by atoms with Crippen molar-refractivity contribution in [3.05, 3.63) is 76.7 Å². The number of aromatic nitrogens is 2. The van der Waals surface area contributed by atoms with E-state index in [9.17, 15) is 28.6 Å². The zero-order chi connectivity index (χ0) is 31.6. The molecule has 0 spiro atoms. The van der Waals surface area contributed by atoms with Gasteiger partial charge in [0.2, 0.25) is 5.88 Å². The fraction of sp³-hybridized carbons (Fsp3) is 0.419. The van der Waals surface area contributed by atoms with Gasteiger partial charge in [0.1, 0.15) is 28.1 Å². The Bertz CT molecular complexity index is 1420. The first-order valence-corrected chi connectivity index (χ1v) is 16.0. The quantitative estimate of drug-likeness (QED) is 0.190. The number of aliphatic hydroxyl groups excluding tert-OH is 2. The van der Waals surface area contributed by atoms with E-state index in [0.29, 0.717) is 57.1 Å². The molecule has 2 heterocycles. The third kappa shape index (κ3) is 9.85. The molecule has 2 fully saturated rings. The molecule has 2 aliphatic carbocycles. The fourth-order valence-corrected chi connectivity index (χ4v) is 5.57. The second-order valence-corrected chi connectivity index (χ2v) is 12.0. The second kappa shape index (κ2) is 16.1. The summed E-state index contributed by atoms with van der Waals surface area (Å²) in [6.45, 7) is 0. The molecule has 4 N–H and O–H groups in total. The first kappa shape index (κ1) is 33.6. The monoisotopic (exact) mass is 648 g/mol. The van der Waals surface area contributed by atoms with Crippen LogP contribution in [0.3, 0.4) is 0 Å². The Hall–Kier alpha value is -3.32. The van der Waals surface area contributed by atoms with E-state index < -0.39 is 23.4 Å². The molecule has 0 saturated heterocycles. The number of hydrogen-bond acceptors (Lipinski definition) is 8. The number of pyridine rings is 2. The molecule has 13 heteroatoms. The molecule has 0 atom stereocenters. The lowest BCUT2D eigenvalue weighted by Crippen LogP contribution is -2.38. The molecule has 44 heavy (non-hydrogen) atoms. The van der Waals surface area contributed by atoms with E-state index in [4.69, 9.17) is 16.3 Å². The Morgan fingerprint density at radius 1 is 0.818 bits per heavy atom. The minimum atomic E-state index is -0.598. The maximum absolute atomic E-state index is 13.6. The van der Waals surface area contributed by atoms with E-state index >= 15 is 0 Å². The van der Waals surface area contributed by atoms with Crippen molar-refractivity contribution in [1.29, 1.82) is 0 Å². The van der Waals surface area contributed by atoms with Crippen molar-refractivity contribution in [2.45, 2.75) is 80.6 Å². The smallest absolute Gasteiger partial charge is 0.257 e. The summed E-state index contributed by atoms with van der Waals surface area (Å²) >= 11 is 7.36. The average Bonchev–Trinajstić information content (AvgIpc) is 3.02. The number of rotatable bonds is 7. The van der Waals surface area contributed by atoms with Crippen LogP contribution in [0.2, 0.25) is 5.15 Å². The van der Waals surface area contributed by atoms with E-state index in [1.165, 1.54) is 0 Å². The number of amides is 2. The highest BCUT2D eigenvalue weighted by atomic mass is 35.5. The van der Waals surface area contributed by atoms with E-state index in [2.05, 4.69) is 20.6 Å². The number of halogens is 3. The lowest BCUT2D eigenvalue weighted by molar-refractivity contribution is 0.0861. The molecular formula is C31H35ClF2N4O5S. The van der Waals surface area contributed by atoms with E-state index in [1.54, 1.807) is 23.9 Å². The number of nitrogens with one attached hydrogen (secondary N) is 2. The van der Waals surface area contributed by atoms with Crippen LogP contribution in [0.15, 0.2) is 53.7 Å². The normalized spacial score (nSPS) is 21.4. The van der Waals surface area contributed by atoms with Crippen LogP contribution in [0.5, 0.6) is 11.6 Å².